The molecule has 6 heteroatoms. The maximum atomic E-state index is 14.3. The van der Waals surface area contributed by atoms with Gasteiger partial charge in [-0.3, -0.25) is 0 Å². The van der Waals surface area contributed by atoms with Crippen molar-refractivity contribution in [2.45, 2.75) is 74.9 Å². The fourth-order valence-electron chi connectivity index (χ4n) is 8.84. The summed E-state index contributed by atoms with van der Waals surface area (Å²) in [5.41, 5.74) is 12.1. The molecule has 0 fully saturated rings. The van der Waals surface area contributed by atoms with Gasteiger partial charge < -0.3 is 0 Å². The summed E-state index contributed by atoms with van der Waals surface area (Å²) in [6, 6.07) is 23.8. The van der Waals surface area contributed by atoms with E-state index in [1.165, 1.54) is 0 Å². The van der Waals surface area contributed by atoms with Crippen LogP contribution in [0, 0.1) is 23.3 Å². The molecule has 8 rings (SSSR count). The Balaban J connectivity index is 1.46. The first-order chi connectivity index (χ1) is 22.9. The first kappa shape index (κ1) is 31.1. The number of hydrogen-bond acceptors (Lipinski definition) is 3. The monoisotopic (exact) mass is 680 g/mol. The van der Waals surface area contributed by atoms with Gasteiger partial charge in [-0.15, -0.1) is 11.5 Å². The quantitative estimate of drug-likeness (QED) is 0.164. The van der Waals surface area contributed by atoms with Gasteiger partial charge in [-0.05, 0) is 92.3 Å². The molecule has 0 saturated carbocycles. The molecule has 48 heavy (non-hydrogen) atoms. The van der Waals surface area contributed by atoms with Crippen LogP contribution >= 0.6 is 0 Å². The molecular weight excluding hydrogens is 645 g/mol. The third kappa shape index (κ3) is 3.94. The van der Waals surface area contributed by atoms with Crippen molar-refractivity contribution >= 4 is 61.8 Å². The summed E-state index contributed by atoms with van der Waals surface area (Å²) in [7, 11) is -7.15. The van der Waals surface area contributed by atoms with Crippen LogP contribution in [0.4, 0.5) is 0 Å². The van der Waals surface area contributed by atoms with Crippen LogP contribution in [0.5, 0.6) is 0 Å². The lowest BCUT2D eigenvalue weighted by molar-refractivity contribution is 0.604. The van der Waals surface area contributed by atoms with Crippen molar-refractivity contribution in [3.05, 3.63) is 115 Å². The molecule has 0 bridgehead atoms. The molecule has 2 aliphatic heterocycles. The Kier molecular flexibility index (Phi) is 6.90. The van der Waals surface area contributed by atoms with Crippen molar-refractivity contribution in [3.63, 3.8) is 0 Å². The first-order valence-electron chi connectivity index (χ1n) is 16.6. The highest BCUT2D eigenvalue weighted by molar-refractivity contribution is 7.96. The Bertz CT molecular complexity index is 2630. The van der Waals surface area contributed by atoms with Crippen LogP contribution in [0.1, 0.15) is 70.7 Å². The molecule has 2 heterocycles. The van der Waals surface area contributed by atoms with Crippen molar-refractivity contribution in [2.24, 2.45) is 0 Å². The van der Waals surface area contributed by atoms with E-state index in [-0.39, 0.29) is 0 Å². The fourth-order valence-corrected chi connectivity index (χ4v) is 17.5. The van der Waals surface area contributed by atoms with E-state index in [0.29, 0.717) is 32.0 Å². The molecule has 4 aromatic carbocycles. The summed E-state index contributed by atoms with van der Waals surface area (Å²) < 4.78 is 42.0. The van der Waals surface area contributed by atoms with Crippen LogP contribution in [0.15, 0.2) is 92.4 Å². The zero-order chi connectivity index (χ0) is 33.9. The highest BCUT2D eigenvalue weighted by Crippen LogP contribution is 2.50. The Morgan fingerprint density at radius 2 is 1.23 bits per heavy atom. The van der Waals surface area contributed by atoms with Gasteiger partial charge in [-0.1, -0.05) is 89.8 Å². The van der Waals surface area contributed by atoms with Crippen molar-refractivity contribution in [1.82, 2.24) is 0 Å². The molecule has 0 saturated heterocycles. The summed E-state index contributed by atoms with van der Waals surface area (Å²) in [5.74, 6) is 9.87. The average Bonchev–Trinajstić information content (AvgIpc) is 3.71. The molecule has 3 nitrogen and oxygen atoms in total. The largest absolute Gasteiger partial charge is 0.249 e. The van der Waals surface area contributed by atoms with Gasteiger partial charge >= 0.3 is 0 Å². The predicted octanol–water partition coefficient (Wildman–Crippen LogP) is 7.84. The van der Waals surface area contributed by atoms with Gasteiger partial charge in [0.05, 0.1) is 36.0 Å². The summed E-state index contributed by atoms with van der Waals surface area (Å²) in [5, 5.41) is 3.83. The van der Waals surface area contributed by atoms with Gasteiger partial charge in [0.2, 0.25) is 9.84 Å². The van der Waals surface area contributed by atoms with E-state index in [2.05, 4.69) is 95.2 Å². The van der Waals surface area contributed by atoms with E-state index >= 15 is 0 Å². The summed E-state index contributed by atoms with van der Waals surface area (Å²) in [6.45, 7) is 15.6. The molecule has 0 radical (unpaired) electrons. The second-order valence-electron chi connectivity index (χ2n) is 14.1. The zero-order valence-corrected chi connectivity index (χ0v) is 30.8. The van der Waals surface area contributed by atoms with Gasteiger partial charge in [0, 0.05) is 27.8 Å². The van der Waals surface area contributed by atoms with Gasteiger partial charge in [-0.2, -0.15) is 0 Å². The molecule has 0 N–H and O–H groups in total. The van der Waals surface area contributed by atoms with Crippen molar-refractivity contribution in [3.8, 4) is 23.3 Å². The maximum Gasteiger partial charge on any atom is 0.209 e. The second kappa shape index (κ2) is 10.6. The lowest BCUT2D eigenvalue weighted by atomic mass is 9.93. The van der Waals surface area contributed by atoms with Crippen LogP contribution in [-0.2, 0) is 20.6 Å². The van der Waals surface area contributed by atoms with E-state index in [0.717, 1.165) is 70.0 Å². The van der Waals surface area contributed by atoms with E-state index in [9.17, 15) is 12.6 Å². The number of benzene rings is 4. The van der Waals surface area contributed by atoms with E-state index in [1.54, 1.807) is 19.1 Å². The van der Waals surface area contributed by atoms with Crippen LogP contribution in [0.3, 0.4) is 0 Å². The molecule has 1 unspecified atom stereocenters. The van der Waals surface area contributed by atoms with Crippen LogP contribution in [0.2, 0.25) is 16.6 Å². The lowest BCUT2D eigenvalue weighted by Gasteiger charge is -2.38. The summed E-state index contributed by atoms with van der Waals surface area (Å²) in [4.78, 5) is 2.31. The average molecular weight is 681 g/mol. The van der Waals surface area contributed by atoms with Crippen molar-refractivity contribution < 1.29 is 12.6 Å². The van der Waals surface area contributed by atoms with Crippen LogP contribution < -0.4 is 10.4 Å². The number of allylic oxidation sites excluding steroid dienone is 2. The lowest BCUT2D eigenvalue weighted by Crippen LogP contribution is -2.43. The third-order valence-corrected chi connectivity index (χ3v) is 20.6. The highest BCUT2D eigenvalue weighted by atomic mass is 32.2. The normalized spacial score (nSPS) is 18.1. The predicted molar refractivity (Wildman–Crippen MR) is 201 cm³/mol. The second-order valence-corrected chi connectivity index (χ2v) is 22.9. The molecule has 0 spiro atoms. The molecular formula is C42H36O3S2Si. The van der Waals surface area contributed by atoms with Gasteiger partial charge in [-0.25, -0.2) is 12.6 Å². The Morgan fingerprint density at radius 1 is 0.667 bits per heavy atom. The minimum Gasteiger partial charge on any atom is -0.249 e. The van der Waals surface area contributed by atoms with Crippen LogP contribution in [-0.4, -0.2) is 20.7 Å². The van der Waals surface area contributed by atoms with Crippen molar-refractivity contribution in [2.75, 3.05) is 0 Å². The molecule has 2 aliphatic carbocycles. The van der Waals surface area contributed by atoms with Crippen LogP contribution in [0.25, 0.3) is 33.1 Å². The number of sulfone groups is 1. The van der Waals surface area contributed by atoms with Gasteiger partial charge in [0.25, 0.3) is 0 Å². The highest BCUT2D eigenvalue weighted by Gasteiger charge is 2.44. The zero-order valence-electron chi connectivity index (χ0n) is 28.2. The number of fused-ring (bicyclic) bond motifs is 9. The Hall–Kier alpha value is -4.20. The van der Waals surface area contributed by atoms with Gasteiger partial charge in [0.1, 0.15) is 8.07 Å². The molecule has 0 aromatic heterocycles. The summed E-state index contributed by atoms with van der Waals surface area (Å²) in [6.07, 6.45) is 0. The molecule has 0 amide bonds. The minimum absolute atomic E-state index is 0.316. The standard InChI is InChI=1S/C42H36O3S2Si/c1-8-13-30-34-21-28-22-35-33(20-27(28)23-36(34)40-32-15-10-12-17-38(32)47(44,45)42(30)40)29(18-19-48(24(2)3,25(4)5)26(6)7)41-39(35)31-14-9-11-16-37(31)46(41)43/h9-12,14-17,20-26H,1-7H3. The molecule has 1 atom stereocenters. The smallest absolute Gasteiger partial charge is 0.209 e. The maximum absolute atomic E-state index is 14.3. The van der Waals surface area contributed by atoms with Gasteiger partial charge in [0.15, 0.2) is 0 Å². The van der Waals surface area contributed by atoms with E-state index in [4.69, 9.17) is 0 Å². The molecule has 4 aromatic rings. The third-order valence-electron chi connectivity index (χ3n) is 10.9. The minimum atomic E-state index is -3.71. The number of rotatable bonds is 3. The Morgan fingerprint density at radius 3 is 1.85 bits per heavy atom. The molecule has 238 valence electrons. The fraction of sp³-hybridized carbons (Fsp3) is 0.238. The number of hydrogen-bond donors (Lipinski definition) is 0. The first-order valence-corrected chi connectivity index (χ1v) is 21.5. The van der Waals surface area contributed by atoms with E-state index in [1.807, 2.05) is 30.3 Å². The topological polar surface area (TPSA) is 51.2 Å². The Labute approximate surface area is 286 Å². The van der Waals surface area contributed by atoms with E-state index < -0.39 is 28.7 Å². The molecule has 4 aliphatic rings. The summed E-state index contributed by atoms with van der Waals surface area (Å²) >= 11 is 0. The van der Waals surface area contributed by atoms with Crippen molar-refractivity contribution in [1.29, 1.82) is 0 Å². The SMILES string of the molecule is CC#CC1=c2cc3cc4c(cc3cc2C2=C1S(=O)(=O)c1ccccc12)=C(C#C[Si](C(C)C)(C(C)C)C(C)C)C1=C4c2ccccc2S1=O.